The lowest BCUT2D eigenvalue weighted by Gasteiger charge is -2.10. The van der Waals surface area contributed by atoms with Crippen LogP contribution in [0, 0.1) is 20.8 Å². The molecule has 0 unspecified atom stereocenters. The second kappa shape index (κ2) is 5.40. The van der Waals surface area contributed by atoms with Gasteiger partial charge in [-0.3, -0.25) is 4.79 Å². The molecule has 19 heavy (non-hydrogen) atoms. The van der Waals surface area contributed by atoms with Gasteiger partial charge in [0.25, 0.3) is 5.91 Å². The van der Waals surface area contributed by atoms with Crippen LogP contribution < -0.4 is 10.1 Å². The predicted molar refractivity (Wildman–Crippen MR) is 77.3 cm³/mol. The Bertz CT molecular complexity index is 620. The quantitative estimate of drug-likeness (QED) is 0.935. The number of methoxy groups -OCH3 is 1. The van der Waals surface area contributed by atoms with E-state index in [0.29, 0.717) is 17.1 Å². The van der Waals surface area contributed by atoms with Crippen molar-refractivity contribution < 1.29 is 9.53 Å². The van der Waals surface area contributed by atoms with E-state index >= 15 is 0 Å². The number of benzene rings is 1. The van der Waals surface area contributed by atoms with E-state index in [2.05, 4.69) is 10.3 Å². The van der Waals surface area contributed by atoms with Gasteiger partial charge in [0.05, 0.1) is 17.8 Å². The number of hydrogen-bond donors (Lipinski definition) is 1. The molecule has 2 aromatic rings. The maximum atomic E-state index is 12.2. The van der Waals surface area contributed by atoms with Gasteiger partial charge in [0, 0.05) is 4.88 Å². The van der Waals surface area contributed by atoms with Gasteiger partial charge in [0.2, 0.25) is 0 Å². The number of aryl methyl sites for hydroxylation is 3. The first-order valence-electron chi connectivity index (χ1n) is 5.91. The molecule has 1 aromatic carbocycles. The van der Waals surface area contributed by atoms with Gasteiger partial charge in [-0.05, 0) is 38.5 Å². The third-order valence-corrected chi connectivity index (χ3v) is 3.61. The van der Waals surface area contributed by atoms with E-state index in [1.54, 1.807) is 7.11 Å². The highest BCUT2D eigenvalue weighted by atomic mass is 32.1. The van der Waals surface area contributed by atoms with Crippen molar-refractivity contribution in [3.8, 4) is 5.75 Å². The summed E-state index contributed by atoms with van der Waals surface area (Å²) in [6, 6.07) is 5.65. The second-order valence-corrected chi connectivity index (χ2v) is 5.70. The molecule has 100 valence electrons. The lowest BCUT2D eigenvalue weighted by Crippen LogP contribution is -2.14. The first-order chi connectivity index (χ1) is 9.01. The van der Waals surface area contributed by atoms with Gasteiger partial charge < -0.3 is 10.1 Å². The maximum Gasteiger partial charge on any atom is 0.275 e. The molecule has 0 spiro atoms. The van der Waals surface area contributed by atoms with Crippen molar-refractivity contribution in [3.63, 3.8) is 0 Å². The van der Waals surface area contributed by atoms with Crippen molar-refractivity contribution in [1.82, 2.24) is 4.98 Å². The number of anilines is 1. The van der Waals surface area contributed by atoms with Crippen LogP contribution in [0.2, 0.25) is 0 Å². The Balaban J connectivity index is 2.28. The average Bonchev–Trinajstić information content (AvgIpc) is 2.69. The van der Waals surface area contributed by atoms with Gasteiger partial charge in [-0.1, -0.05) is 6.07 Å². The third kappa shape index (κ3) is 2.93. The van der Waals surface area contributed by atoms with E-state index in [4.69, 9.17) is 4.74 Å². The SMILES string of the molecule is COc1ccc(C)cc1NC(=O)c1nc(C)sc1C. The summed E-state index contributed by atoms with van der Waals surface area (Å²) >= 11 is 1.52. The molecular formula is C14H16N2O2S. The third-order valence-electron chi connectivity index (χ3n) is 2.72. The molecule has 1 aromatic heterocycles. The lowest BCUT2D eigenvalue weighted by molar-refractivity contribution is 0.102. The summed E-state index contributed by atoms with van der Waals surface area (Å²) in [5.74, 6) is 0.439. The Kier molecular flexibility index (Phi) is 3.85. The van der Waals surface area contributed by atoms with E-state index in [-0.39, 0.29) is 5.91 Å². The number of hydrogen-bond acceptors (Lipinski definition) is 4. The fraction of sp³-hybridized carbons (Fsp3) is 0.286. The molecule has 0 radical (unpaired) electrons. The Morgan fingerprint density at radius 1 is 1.32 bits per heavy atom. The molecule has 1 amide bonds. The zero-order valence-electron chi connectivity index (χ0n) is 11.4. The van der Waals surface area contributed by atoms with Crippen molar-refractivity contribution in [2.24, 2.45) is 0 Å². The molecule has 0 fully saturated rings. The summed E-state index contributed by atoms with van der Waals surface area (Å²) < 4.78 is 5.24. The minimum absolute atomic E-state index is 0.203. The van der Waals surface area contributed by atoms with Crippen LogP contribution in [-0.4, -0.2) is 18.0 Å². The molecule has 0 aliphatic carbocycles. The topological polar surface area (TPSA) is 51.2 Å². The van der Waals surface area contributed by atoms with Gasteiger partial charge in [-0.25, -0.2) is 4.98 Å². The van der Waals surface area contributed by atoms with Gasteiger partial charge in [0.1, 0.15) is 11.4 Å². The van der Waals surface area contributed by atoms with Gasteiger partial charge in [-0.15, -0.1) is 11.3 Å². The fourth-order valence-corrected chi connectivity index (χ4v) is 2.66. The molecule has 4 nitrogen and oxygen atoms in total. The Morgan fingerprint density at radius 2 is 2.05 bits per heavy atom. The molecular weight excluding hydrogens is 260 g/mol. The molecule has 1 N–H and O–H groups in total. The van der Waals surface area contributed by atoms with Crippen LogP contribution in [0.5, 0.6) is 5.75 Å². The molecule has 0 bridgehead atoms. The summed E-state index contributed by atoms with van der Waals surface area (Å²) in [5.41, 5.74) is 2.20. The summed E-state index contributed by atoms with van der Waals surface area (Å²) in [6.07, 6.45) is 0. The molecule has 0 aliphatic rings. The number of ether oxygens (including phenoxy) is 1. The second-order valence-electron chi connectivity index (χ2n) is 4.30. The van der Waals surface area contributed by atoms with Crippen LogP contribution in [0.15, 0.2) is 18.2 Å². The van der Waals surface area contributed by atoms with E-state index in [1.165, 1.54) is 11.3 Å². The number of carbonyl (C=O) groups excluding carboxylic acids is 1. The Morgan fingerprint density at radius 3 is 2.63 bits per heavy atom. The molecule has 0 atom stereocenters. The normalized spacial score (nSPS) is 10.3. The van der Waals surface area contributed by atoms with Crippen molar-refractivity contribution in [1.29, 1.82) is 0 Å². The van der Waals surface area contributed by atoms with E-state index in [9.17, 15) is 4.79 Å². The largest absolute Gasteiger partial charge is 0.495 e. The smallest absolute Gasteiger partial charge is 0.275 e. The number of aromatic nitrogens is 1. The maximum absolute atomic E-state index is 12.2. The van der Waals surface area contributed by atoms with Crippen LogP contribution in [0.1, 0.15) is 25.9 Å². The first-order valence-corrected chi connectivity index (χ1v) is 6.73. The number of nitrogens with one attached hydrogen (secondary N) is 1. The minimum atomic E-state index is -0.203. The van der Waals surface area contributed by atoms with Gasteiger partial charge in [0.15, 0.2) is 0 Å². The van der Waals surface area contributed by atoms with Crippen LogP contribution in [-0.2, 0) is 0 Å². The average molecular weight is 276 g/mol. The monoisotopic (exact) mass is 276 g/mol. The standard InChI is InChI=1S/C14H16N2O2S/c1-8-5-6-12(18-4)11(7-8)16-14(17)13-9(2)19-10(3)15-13/h5-7H,1-4H3,(H,16,17). The predicted octanol–water partition coefficient (Wildman–Crippen LogP) is 3.33. The van der Waals surface area contributed by atoms with Gasteiger partial charge >= 0.3 is 0 Å². The number of carbonyl (C=O) groups is 1. The van der Waals surface area contributed by atoms with E-state index < -0.39 is 0 Å². The highest BCUT2D eigenvalue weighted by molar-refractivity contribution is 7.11. The fourth-order valence-electron chi connectivity index (χ4n) is 1.84. The summed E-state index contributed by atoms with van der Waals surface area (Å²) in [5, 5.41) is 3.74. The van der Waals surface area contributed by atoms with Crippen molar-refractivity contribution in [3.05, 3.63) is 39.3 Å². The van der Waals surface area contributed by atoms with Crippen LogP contribution in [0.25, 0.3) is 0 Å². The number of amides is 1. The van der Waals surface area contributed by atoms with Crippen molar-refractivity contribution >= 4 is 22.9 Å². The van der Waals surface area contributed by atoms with Crippen molar-refractivity contribution in [2.75, 3.05) is 12.4 Å². The molecule has 2 rings (SSSR count). The zero-order chi connectivity index (χ0) is 14.0. The summed E-state index contributed by atoms with van der Waals surface area (Å²) in [6.45, 7) is 5.75. The number of nitrogens with zero attached hydrogens (tertiary/aromatic N) is 1. The number of thiazole rings is 1. The highest BCUT2D eigenvalue weighted by Crippen LogP contribution is 2.26. The molecule has 5 heteroatoms. The summed E-state index contributed by atoms with van der Waals surface area (Å²) in [7, 11) is 1.58. The van der Waals surface area contributed by atoms with Crippen LogP contribution in [0.3, 0.4) is 0 Å². The number of rotatable bonds is 3. The summed E-state index contributed by atoms with van der Waals surface area (Å²) in [4.78, 5) is 17.4. The minimum Gasteiger partial charge on any atom is -0.495 e. The molecule has 1 heterocycles. The molecule has 0 aliphatic heterocycles. The van der Waals surface area contributed by atoms with Crippen LogP contribution >= 0.6 is 11.3 Å². The lowest BCUT2D eigenvalue weighted by atomic mass is 10.2. The van der Waals surface area contributed by atoms with Gasteiger partial charge in [-0.2, -0.15) is 0 Å². The zero-order valence-corrected chi connectivity index (χ0v) is 12.2. The van der Waals surface area contributed by atoms with E-state index in [0.717, 1.165) is 15.4 Å². The van der Waals surface area contributed by atoms with Crippen LogP contribution in [0.4, 0.5) is 5.69 Å². The van der Waals surface area contributed by atoms with E-state index in [1.807, 2.05) is 39.0 Å². The Hall–Kier alpha value is -1.88. The first kappa shape index (κ1) is 13.5. The highest BCUT2D eigenvalue weighted by Gasteiger charge is 2.15. The van der Waals surface area contributed by atoms with Crippen molar-refractivity contribution in [2.45, 2.75) is 20.8 Å². The molecule has 0 saturated heterocycles. The molecule has 0 saturated carbocycles. The Labute approximate surface area is 116 Å².